The van der Waals surface area contributed by atoms with Crippen LogP contribution in [0.3, 0.4) is 0 Å². The molecule has 0 spiro atoms. The second-order valence-electron chi connectivity index (χ2n) is 8.11. The Morgan fingerprint density at radius 1 is 1.25 bits per heavy atom. The minimum atomic E-state index is -2.89. The Morgan fingerprint density at radius 2 is 1.86 bits per heavy atom. The van der Waals surface area contributed by atoms with E-state index in [0.29, 0.717) is 0 Å². The Kier molecular flexibility index (Phi) is 6.95. The second kappa shape index (κ2) is 8.83. The molecule has 1 aromatic rings. The number of rotatable bonds is 6. The topological polar surface area (TPSA) is 82.7 Å². The number of carbonyl (C=O) groups excluding carboxylic acids is 2. The first kappa shape index (κ1) is 22.0. The van der Waals surface area contributed by atoms with Crippen LogP contribution >= 0.6 is 0 Å². The van der Waals surface area contributed by atoms with E-state index in [1.165, 1.54) is 12.1 Å². The SMILES string of the molecule is CN(C)C1NC(=O)CC(C(=O)N[C@@H](c2ccc(OC(F)F)cc2)C(C)(C)C)N1. The molecule has 2 amide bonds. The quantitative estimate of drug-likeness (QED) is 0.681. The molecule has 0 aromatic heterocycles. The van der Waals surface area contributed by atoms with Gasteiger partial charge < -0.3 is 15.4 Å². The highest BCUT2D eigenvalue weighted by atomic mass is 19.3. The van der Waals surface area contributed by atoms with Crippen molar-refractivity contribution >= 4 is 11.8 Å². The van der Waals surface area contributed by atoms with Crippen LogP contribution in [-0.4, -0.2) is 49.8 Å². The van der Waals surface area contributed by atoms with Crippen LogP contribution in [0.4, 0.5) is 8.78 Å². The third kappa shape index (κ3) is 5.87. The lowest BCUT2D eigenvalue weighted by Crippen LogP contribution is -2.65. The molecular formula is C19H28F2N4O3. The molecule has 3 atom stereocenters. The smallest absolute Gasteiger partial charge is 0.387 e. The summed E-state index contributed by atoms with van der Waals surface area (Å²) >= 11 is 0. The number of ether oxygens (including phenoxy) is 1. The minimum Gasteiger partial charge on any atom is -0.435 e. The molecule has 2 unspecified atom stereocenters. The molecule has 1 heterocycles. The van der Waals surface area contributed by atoms with Crippen LogP contribution in [0.1, 0.15) is 38.8 Å². The van der Waals surface area contributed by atoms with Gasteiger partial charge in [-0.15, -0.1) is 0 Å². The van der Waals surface area contributed by atoms with E-state index in [4.69, 9.17) is 0 Å². The molecule has 1 aromatic carbocycles. The van der Waals surface area contributed by atoms with Gasteiger partial charge >= 0.3 is 6.61 Å². The van der Waals surface area contributed by atoms with Gasteiger partial charge in [-0.1, -0.05) is 32.9 Å². The van der Waals surface area contributed by atoms with Gasteiger partial charge in [-0.25, -0.2) is 0 Å². The van der Waals surface area contributed by atoms with E-state index in [1.54, 1.807) is 31.1 Å². The predicted octanol–water partition coefficient (Wildman–Crippen LogP) is 1.81. The van der Waals surface area contributed by atoms with Crippen molar-refractivity contribution in [2.24, 2.45) is 5.41 Å². The van der Waals surface area contributed by atoms with Crippen molar-refractivity contribution in [1.29, 1.82) is 0 Å². The molecule has 0 bridgehead atoms. The summed E-state index contributed by atoms with van der Waals surface area (Å²) in [5, 5.41) is 8.85. The summed E-state index contributed by atoms with van der Waals surface area (Å²) in [6, 6.07) is 5.13. The van der Waals surface area contributed by atoms with Crippen LogP contribution in [0, 0.1) is 5.41 Å². The lowest BCUT2D eigenvalue weighted by molar-refractivity contribution is -0.134. The molecule has 28 heavy (non-hydrogen) atoms. The van der Waals surface area contributed by atoms with Gasteiger partial charge in [0.25, 0.3) is 0 Å². The molecule has 0 radical (unpaired) electrons. The standard InChI is InChI=1S/C19H28F2N4O3/c1-19(2,3)15(11-6-8-12(9-7-11)28-17(20)21)24-16(27)13-10-14(26)23-18(22-13)25(4)5/h6-9,13,15,17-18,22H,10H2,1-5H3,(H,23,26)(H,24,27)/t13?,15-,18?/m0/s1. The highest BCUT2D eigenvalue weighted by molar-refractivity contribution is 5.89. The first-order chi connectivity index (χ1) is 13.0. The van der Waals surface area contributed by atoms with Crippen LogP contribution in [0.25, 0.3) is 0 Å². The lowest BCUT2D eigenvalue weighted by Gasteiger charge is -2.37. The maximum absolute atomic E-state index is 12.9. The zero-order chi connectivity index (χ0) is 21.1. The fraction of sp³-hybridized carbons (Fsp3) is 0.579. The number of hydrogen-bond acceptors (Lipinski definition) is 5. The third-order valence-corrected chi connectivity index (χ3v) is 4.47. The number of hydrogen-bond donors (Lipinski definition) is 3. The Balaban J connectivity index is 2.16. The molecular weight excluding hydrogens is 370 g/mol. The predicted molar refractivity (Wildman–Crippen MR) is 101 cm³/mol. The number of nitrogens with one attached hydrogen (secondary N) is 3. The summed E-state index contributed by atoms with van der Waals surface area (Å²) in [4.78, 5) is 26.6. The van der Waals surface area contributed by atoms with Crippen molar-refractivity contribution < 1.29 is 23.1 Å². The molecule has 1 aliphatic rings. The Morgan fingerprint density at radius 3 is 2.36 bits per heavy atom. The maximum atomic E-state index is 12.9. The molecule has 1 saturated heterocycles. The summed E-state index contributed by atoms with van der Waals surface area (Å²) in [5.74, 6) is -0.454. The van der Waals surface area contributed by atoms with Crippen molar-refractivity contribution in [1.82, 2.24) is 20.9 Å². The average Bonchev–Trinajstić information content (AvgIpc) is 2.58. The molecule has 156 valence electrons. The monoisotopic (exact) mass is 398 g/mol. The fourth-order valence-corrected chi connectivity index (χ4v) is 3.02. The van der Waals surface area contributed by atoms with Gasteiger partial charge in [-0.05, 0) is 37.2 Å². The van der Waals surface area contributed by atoms with Crippen LogP contribution in [0.15, 0.2) is 24.3 Å². The first-order valence-corrected chi connectivity index (χ1v) is 9.04. The van der Waals surface area contributed by atoms with Gasteiger partial charge in [0.05, 0.1) is 18.5 Å². The van der Waals surface area contributed by atoms with E-state index in [2.05, 4.69) is 20.7 Å². The minimum absolute atomic E-state index is 0.0359. The van der Waals surface area contributed by atoms with E-state index in [9.17, 15) is 18.4 Å². The molecule has 2 rings (SSSR count). The zero-order valence-electron chi connectivity index (χ0n) is 16.8. The largest absolute Gasteiger partial charge is 0.435 e. The van der Waals surface area contributed by atoms with Gasteiger partial charge in [0.2, 0.25) is 11.8 Å². The summed E-state index contributed by atoms with van der Waals surface area (Å²) in [6.45, 7) is 3.00. The van der Waals surface area contributed by atoms with E-state index in [-0.39, 0.29) is 35.4 Å². The Bertz CT molecular complexity index is 689. The normalized spacial score (nSPS) is 21.4. The number of nitrogens with zero attached hydrogens (tertiary/aromatic N) is 1. The van der Waals surface area contributed by atoms with Gasteiger partial charge in [0, 0.05) is 0 Å². The van der Waals surface area contributed by atoms with Crippen molar-refractivity contribution in [3.63, 3.8) is 0 Å². The van der Waals surface area contributed by atoms with E-state index in [0.717, 1.165) is 5.56 Å². The Labute approximate surface area is 163 Å². The van der Waals surface area contributed by atoms with Gasteiger partial charge in [0.1, 0.15) is 12.0 Å². The zero-order valence-corrected chi connectivity index (χ0v) is 16.8. The molecule has 1 fully saturated rings. The molecule has 1 aliphatic heterocycles. The van der Waals surface area contributed by atoms with Crippen molar-refractivity contribution in [2.45, 2.75) is 52.2 Å². The number of amides is 2. The molecule has 7 nitrogen and oxygen atoms in total. The van der Waals surface area contributed by atoms with Crippen LogP contribution in [0.5, 0.6) is 5.75 Å². The van der Waals surface area contributed by atoms with E-state index < -0.39 is 18.9 Å². The Hall–Kier alpha value is -2.26. The molecule has 0 aliphatic carbocycles. The lowest BCUT2D eigenvalue weighted by atomic mass is 9.82. The van der Waals surface area contributed by atoms with Crippen LogP contribution in [-0.2, 0) is 9.59 Å². The van der Waals surface area contributed by atoms with Crippen molar-refractivity contribution in [2.75, 3.05) is 14.1 Å². The highest BCUT2D eigenvalue weighted by Gasteiger charge is 2.35. The maximum Gasteiger partial charge on any atom is 0.387 e. The summed E-state index contributed by atoms with van der Waals surface area (Å²) in [7, 11) is 3.58. The summed E-state index contributed by atoms with van der Waals surface area (Å²) < 4.78 is 29.1. The second-order valence-corrected chi connectivity index (χ2v) is 8.11. The van der Waals surface area contributed by atoms with Crippen molar-refractivity contribution in [3.05, 3.63) is 29.8 Å². The number of benzene rings is 1. The van der Waals surface area contributed by atoms with E-state index >= 15 is 0 Å². The van der Waals surface area contributed by atoms with Crippen LogP contribution < -0.4 is 20.7 Å². The van der Waals surface area contributed by atoms with Gasteiger partial charge in [0.15, 0.2) is 0 Å². The van der Waals surface area contributed by atoms with Crippen LogP contribution in [0.2, 0.25) is 0 Å². The average molecular weight is 398 g/mol. The number of carbonyl (C=O) groups is 2. The molecule has 9 heteroatoms. The first-order valence-electron chi connectivity index (χ1n) is 9.04. The third-order valence-electron chi connectivity index (χ3n) is 4.47. The highest BCUT2D eigenvalue weighted by Crippen LogP contribution is 2.34. The van der Waals surface area contributed by atoms with Crippen molar-refractivity contribution in [3.8, 4) is 5.75 Å². The fourth-order valence-electron chi connectivity index (χ4n) is 3.02. The summed E-state index contributed by atoms with van der Waals surface area (Å²) in [6.07, 6.45) is -0.398. The van der Waals surface area contributed by atoms with Gasteiger partial charge in [-0.2, -0.15) is 8.78 Å². The molecule has 0 saturated carbocycles. The van der Waals surface area contributed by atoms with Gasteiger partial charge in [-0.3, -0.25) is 19.8 Å². The number of halogens is 2. The molecule has 3 N–H and O–H groups in total. The summed E-state index contributed by atoms with van der Waals surface area (Å²) in [5.41, 5.74) is 0.408. The number of alkyl halides is 2. The van der Waals surface area contributed by atoms with E-state index in [1.807, 2.05) is 20.8 Å².